The number of esters is 1. The SMILES string of the molecule is CC1(C)/C(=C/c2ccccc2)CC(=O)OC1c1ccc(F)cc1. The monoisotopic (exact) mass is 310 g/mol. The number of ether oxygens (including phenoxy) is 1. The number of halogens is 1. The van der Waals surface area contributed by atoms with Gasteiger partial charge >= 0.3 is 5.97 Å². The van der Waals surface area contributed by atoms with Gasteiger partial charge in [0.05, 0.1) is 6.42 Å². The summed E-state index contributed by atoms with van der Waals surface area (Å²) >= 11 is 0. The number of benzene rings is 2. The van der Waals surface area contributed by atoms with Gasteiger partial charge in [-0.05, 0) is 28.8 Å². The molecule has 2 aromatic carbocycles. The van der Waals surface area contributed by atoms with Crippen LogP contribution >= 0.6 is 0 Å². The highest BCUT2D eigenvalue weighted by atomic mass is 19.1. The smallest absolute Gasteiger partial charge is 0.310 e. The van der Waals surface area contributed by atoms with Crippen LogP contribution in [0.1, 0.15) is 37.5 Å². The van der Waals surface area contributed by atoms with Crippen LogP contribution in [0.5, 0.6) is 0 Å². The summed E-state index contributed by atoms with van der Waals surface area (Å²) in [5, 5.41) is 0. The number of hydrogen-bond acceptors (Lipinski definition) is 2. The highest BCUT2D eigenvalue weighted by molar-refractivity contribution is 5.77. The van der Waals surface area contributed by atoms with Gasteiger partial charge in [-0.15, -0.1) is 0 Å². The van der Waals surface area contributed by atoms with Crippen LogP contribution in [0.4, 0.5) is 4.39 Å². The number of cyclic esters (lactones) is 1. The van der Waals surface area contributed by atoms with E-state index >= 15 is 0 Å². The van der Waals surface area contributed by atoms with E-state index in [0.717, 1.165) is 16.7 Å². The third kappa shape index (κ3) is 3.19. The zero-order chi connectivity index (χ0) is 16.4. The van der Waals surface area contributed by atoms with Crippen molar-refractivity contribution in [2.45, 2.75) is 26.4 Å². The molecule has 1 unspecified atom stereocenters. The largest absolute Gasteiger partial charge is 0.456 e. The lowest BCUT2D eigenvalue weighted by Crippen LogP contribution is -2.34. The van der Waals surface area contributed by atoms with Gasteiger partial charge in [-0.2, -0.15) is 0 Å². The zero-order valence-electron chi connectivity index (χ0n) is 13.3. The Balaban J connectivity index is 2.00. The van der Waals surface area contributed by atoms with Gasteiger partial charge in [0.1, 0.15) is 11.9 Å². The topological polar surface area (TPSA) is 26.3 Å². The molecule has 2 aromatic rings. The van der Waals surface area contributed by atoms with Crippen LogP contribution in [0.3, 0.4) is 0 Å². The molecule has 3 rings (SSSR count). The molecule has 0 amide bonds. The van der Waals surface area contributed by atoms with E-state index in [1.807, 2.05) is 30.3 Å². The highest BCUT2D eigenvalue weighted by Crippen LogP contribution is 2.48. The van der Waals surface area contributed by atoms with Gasteiger partial charge in [0.25, 0.3) is 0 Å². The van der Waals surface area contributed by atoms with Crippen molar-refractivity contribution in [2.75, 3.05) is 0 Å². The Kier molecular flexibility index (Phi) is 4.03. The third-order valence-electron chi connectivity index (χ3n) is 4.38. The van der Waals surface area contributed by atoms with Gasteiger partial charge in [-0.25, -0.2) is 4.39 Å². The molecule has 118 valence electrons. The summed E-state index contributed by atoms with van der Waals surface area (Å²) in [7, 11) is 0. The van der Waals surface area contributed by atoms with Crippen LogP contribution in [0.15, 0.2) is 60.2 Å². The van der Waals surface area contributed by atoms with Gasteiger partial charge in [0.2, 0.25) is 0 Å². The Morgan fingerprint density at radius 3 is 2.39 bits per heavy atom. The van der Waals surface area contributed by atoms with Crippen LogP contribution in [0.25, 0.3) is 6.08 Å². The molecule has 2 nitrogen and oxygen atoms in total. The first-order valence-electron chi connectivity index (χ1n) is 7.68. The Bertz CT molecular complexity index is 730. The lowest BCUT2D eigenvalue weighted by atomic mass is 9.72. The minimum Gasteiger partial charge on any atom is -0.456 e. The second-order valence-corrected chi connectivity index (χ2v) is 6.40. The predicted molar refractivity (Wildman–Crippen MR) is 88.1 cm³/mol. The number of carbonyl (C=O) groups is 1. The van der Waals surface area contributed by atoms with Crippen LogP contribution in [0, 0.1) is 11.2 Å². The normalized spacial score (nSPS) is 22.0. The van der Waals surface area contributed by atoms with Crippen molar-refractivity contribution in [3.8, 4) is 0 Å². The molecule has 1 saturated heterocycles. The minimum atomic E-state index is -0.417. The molecule has 0 saturated carbocycles. The van der Waals surface area contributed by atoms with Crippen LogP contribution in [-0.4, -0.2) is 5.97 Å². The number of hydrogen-bond donors (Lipinski definition) is 0. The second-order valence-electron chi connectivity index (χ2n) is 6.40. The summed E-state index contributed by atoms with van der Waals surface area (Å²) in [6, 6.07) is 16.1. The predicted octanol–water partition coefficient (Wildman–Crippen LogP) is 4.92. The first-order valence-corrected chi connectivity index (χ1v) is 7.68. The van der Waals surface area contributed by atoms with Crippen LogP contribution < -0.4 is 0 Å². The maximum atomic E-state index is 13.2. The quantitative estimate of drug-likeness (QED) is 0.736. The van der Waals surface area contributed by atoms with Crippen molar-refractivity contribution in [2.24, 2.45) is 5.41 Å². The third-order valence-corrected chi connectivity index (χ3v) is 4.38. The van der Waals surface area contributed by atoms with Crippen LogP contribution in [0.2, 0.25) is 0 Å². The summed E-state index contributed by atoms with van der Waals surface area (Å²) in [4.78, 5) is 12.1. The van der Waals surface area contributed by atoms with E-state index in [9.17, 15) is 9.18 Å². The van der Waals surface area contributed by atoms with Crippen molar-refractivity contribution >= 4 is 12.0 Å². The first kappa shape index (κ1) is 15.5. The molecule has 0 aliphatic carbocycles. The van der Waals surface area contributed by atoms with E-state index in [0.29, 0.717) is 0 Å². The Labute approximate surface area is 135 Å². The van der Waals surface area contributed by atoms with E-state index in [1.54, 1.807) is 12.1 Å². The molecule has 23 heavy (non-hydrogen) atoms. The summed E-state index contributed by atoms with van der Waals surface area (Å²) in [5.41, 5.74) is 2.53. The molecule has 1 heterocycles. The maximum Gasteiger partial charge on any atom is 0.310 e. The fraction of sp³-hybridized carbons (Fsp3) is 0.250. The van der Waals surface area contributed by atoms with Crippen LogP contribution in [-0.2, 0) is 9.53 Å². The molecule has 1 fully saturated rings. The van der Waals surface area contributed by atoms with E-state index in [-0.39, 0.29) is 23.6 Å². The summed E-state index contributed by atoms with van der Waals surface area (Å²) in [6.45, 7) is 4.12. The lowest BCUT2D eigenvalue weighted by Gasteiger charge is -2.40. The van der Waals surface area contributed by atoms with E-state index < -0.39 is 6.10 Å². The Hall–Kier alpha value is -2.42. The van der Waals surface area contributed by atoms with Crippen molar-refractivity contribution in [3.63, 3.8) is 0 Å². The number of rotatable bonds is 2. The average Bonchev–Trinajstić information content (AvgIpc) is 2.53. The fourth-order valence-corrected chi connectivity index (χ4v) is 2.98. The maximum absolute atomic E-state index is 13.2. The van der Waals surface area contributed by atoms with E-state index in [1.165, 1.54) is 12.1 Å². The zero-order valence-corrected chi connectivity index (χ0v) is 13.3. The highest BCUT2D eigenvalue weighted by Gasteiger charge is 2.42. The Morgan fingerprint density at radius 2 is 1.74 bits per heavy atom. The van der Waals surface area contributed by atoms with Crippen molar-refractivity contribution in [1.29, 1.82) is 0 Å². The lowest BCUT2D eigenvalue weighted by molar-refractivity contribution is -0.159. The van der Waals surface area contributed by atoms with Crippen molar-refractivity contribution in [3.05, 3.63) is 77.1 Å². The molecule has 3 heteroatoms. The molecule has 1 aliphatic rings. The molecule has 0 radical (unpaired) electrons. The Morgan fingerprint density at radius 1 is 1.09 bits per heavy atom. The fourth-order valence-electron chi connectivity index (χ4n) is 2.98. The summed E-state index contributed by atoms with van der Waals surface area (Å²) in [5.74, 6) is -0.547. The standard InChI is InChI=1S/C20H19FO2/c1-20(2)16(12-14-6-4-3-5-7-14)13-18(22)23-19(20)15-8-10-17(21)11-9-15/h3-12,19H,13H2,1-2H3/b16-12+. The van der Waals surface area contributed by atoms with Crippen molar-refractivity contribution < 1.29 is 13.9 Å². The molecule has 0 aromatic heterocycles. The van der Waals surface area contributed by atoms with Gasteiger partial charge in [0, 0.05) is 5.41 Å². The van der Waals surface area contributed by atoms with E-state index in [2.05, 4.69) is 19.9 Å². The molecule has 1 aliphatic heterocycles. The number of carbonyl (C=O) groups excluding carboxylic acids is 1. The summed E-state index contributed by atoms with van der Waals surface area (Å²) in [6.07, 6.45) is 1.91. The molecular formula is C20H19FO2. The second kappa shape index (κ2) is 5.99. The molecule has 0 N–H and O–H groups in total. The minimum absolute atomic E-state index is 0.249. The van der Waals surface area contributed by atoms with Gasteiger partial charge in [0.15, 0.2) is 0 Å². The first-order chi connectivity index (χ1) is 11.0. The molecule has 0 spiro atoms. The molecular weight excluding hydrogens is 291 g/mol. The van der Waals surface area contributed by atoms with Gasteiger partial charge < -0.3 is 4.74 Å². The average molecular weight is 310 g/mol. The van der Waals surface area contributed by atoms with E-state index in [4.69, 9.17) is 4.74 Å². The molecule has 0 bridgehead atoms. The summed E-state index contributed by atoms with van der Waals surface area (Å²) < 4.78 is 18.8. The van der Waals surface area contributed by atoms with Gasteiger partial charge in [-0.1, -0.05) is 62.4 Å². The van der Waals surface area contributed by atoms with Crippen molar-refractivity contribution in [1.82, 2.24) is 0 Å². The van der Waals surface area contributed by atoms with Gasteiger partial charge in [-0.3, -0.25) is 4.79 Å². The molecule has 1 atom stereocenters.